The van der Waals surface area contributed by atoms with Crippen LogP contribution in [0.4, 0.5) is 0 Å². The molecule has 4 atom stereocenters. The van der Waals surface area contributed by atoms with Crippen molar-refractivity contribution in [3.05, 3.63) is 35.9 Å². The van der Waals surface area contributed by atoms with Crippen molar-refractivity contribution >= 4 is 5.90 Å². The number of nitriles is 3. The first-order valence-corrected chi connectivity index (χ1v) is 8.82. The van der Waals surface area contributed by atoms with Crippen LogP contribution in [0.3, 0.4) is 0 Å². The lowest BCUT2D eigenvalue weighted by Crippen LogP contribution is -2.76. The average Bonchev–Trinajstić information content (AvgIpc) is 2.67. The molecule has 0 radical (unpaired) electrons. The third kappa shape index (κ3) is 1.79. The SMILES string of the molecule is N#CC1(C#N)[C@H]2CCCC[C@@]23OC(=N)[C@@]1(C#N)[C@@H](Cc1ccccc1)O3. The Labute approximate surface area is 152 Å². The Balaban J connectivity index is 1.90. The predicted molar refractivity (Wildman–Crippen MR) is 90.2 cm³/mol. The van der Waals surface area contributed by atoms with Gasteiger partial charge < -0.3 is 9.47 Å². The van der Waals surface area contributed by atoms with Crippen LogP contribution in [0, 0.1) is 56.2 Å². The van der Waals surface area contributed by atoms with Crippen molar-refractivity contribution in [1.82, 2.24) is 0 Å². The quantitative estimate of drug-likeness (QED) is 0.884. The first kappa shape index (κ1) is 16.6. The largest absolute Gasteiger partial charge is 0.447 e. The normalized spacial score (nSPS) is 36.7. The molecule has 5 rings (SSSR count). The summed E-state index contributed by atoms with van der Waals surface area (Å²) >= 11 is 0. The Morgan fingerprint density at radius 2 is 1.81 bits per heavy atom. The Morgan fingerprint density at radius 3 is 2.46 bits per heavy atom. The fraction of sp³-hybridized carbons (Fsp3) is 0.500. The van der Waals surface area contributed by atoms with Gasteiger partial charge in [-0.2, -0.15) is 15.8 Å². The minimum atomic E-state index is -1.73. The van der Waals surface area contributed by atoms with E-state index < -0.39 is 28.6 Å². The van der Waals surface area contributed by atoms with E-state index in [1.807, 2.05) is 30.3 Å². The first-order chi connectivity index (χ1) is 12.6. The molecule has 3 saturated heterocycles. The highest BCUT2D eigenvalue weighted by Gasteiger charge is 2.79. The maximum absolute atomic E-state index is 10.1. The van der Waals surface area contributed by atoms with E-state index in [0.29, 0.717) is 19.3 Å². The average molecular weight is 346 g/mol. The fourth-order valence-corrected chi connectivity index (χ4v) is 4.98. The van der Waals surface area contributed by atoms with Crippen LogP contribution in [0.5, 0.6) is 0 Å². The molecule has 6 heteroatoms. The second kappa shape index (κ2) is 5.56. The molecular weight excluding hydrogens is 328 g/mol. The second-order valence-corrected chi connectivity index (χ2v) is 7.29. The Hall–Kier alpha value is -2.88. The third-order valence-electron chi connectivity index (χ3n) is 6.19. The van der Waals surface area contributed by atoms with Crippen LogP contribution >= 0.6 is 0 Å². The second-order valence-electron chi connectivity index (χ2n) is 7.29. The van der Waals surface area contributed by atoms with E-state index in [1.165, 1.54) is 0 Å². The highest BCUT2D eigenvalue weighted by molar-refractivity contribution is 5.88. The molecule has 0 unspecified atom stereocenters. The van der Waals surface area contributed by atoms with Crippen molar-refractivity contribution in [2.24, 2.45) is 16.7 Å². The minimum Gasteiger partial charge on any atom is -0.447 e. The molecule has 1 saturated carbocycles. The van der Waals surface area contributed by atoms with Crippen LogP contribution in [0.15, 0.2) is 30.3 Å². The van der Waals surface area contributed by atoms with Crippen molar-refractivity contribution in [2.75, 3.05) is 0 Å². The number of hydrogen-bond acceptors (Lipinski definition) is 6. The monoisotopic (exact) mass is 346 g/mol. The zero-order valence-corrected chi connectivity index (χ0v) is 14.2. The van der Waals surface area contributed by atoms with E-state index in [2.05, 4.69) is 18.2 Å². The van der Waals surface area contributed by atoms with E-state index in [1.54, 1.807) is 0 Å². The minimum absolute atomic E-state index is 0.298. The molecule has 6 nitrogen and oxygen atoms in total. The maximum atomic E-state index is 10.1. The van der Waals surface area contributed by atoms with Crippen LogP contribution in [-0.4, -0.2) is 17.8 Å². The van der Waals surface area contributed by atoms with E-state index >= 15 is 0 Å². The number of ether oxygens (including phenoxy) is 2. The first-order valence-electron chi connectivity index (χ1n) is 8.82. The Bertz CT molecular complexity index is 864. The van der Waals surface area contributed by atoms with E-state index in [4.69, 9.17) is 14.9 Å². The number of benzene rings is 1. The van der Waals surface area contributed by atoms with E-state index in [-0.39, 0.29) is 5.90 Å². The molecule has 1 aromatic rings. The molecule has 4 aliphatic rings. The molecule has 3 aliphatic heterocycles. The van der Waals surface area contributed by atoms with Crippen molar-refractivity contribution < 1.29 is 9.47 Å². The molecule has 1 N–H and O–H groups in total. The molecular formula is C20H18N4O2. The molecule has 3 heterocycles. The lowest BCUT2D eigenvalue weighted by atomic mass is 9.48. The van der Waals surface area contributed by atoms with Crippen molar-refractivity contribution in [1.29, 1.82) is 21.2 Å². The molecule has 1 aromatic carbocycles. The van der Waals surface area contributed by atoms with Gasteiger partial charge in [-0.05, 0) is 18.4 Å². The maximum Gasteiger partial charge on any atom is 0.217 e. The van der Waals surface area contributed by atoms with Gasteiger partial charge in [-0.25, -0.2) is 0 Å². The van der Waals surface area contributed by atoms with Gasteiger partial charge in [0.15, 0.2) is 10.8 Å². The lowest BCUT2D eigenvalue weighted by Gasteiger charge is -2.63. The summed E-state index contributed by atoms with van der Waals surface area (Å²) in [7, 11) is 0. The van der Waals surface area contributed by atoms with Gasteiger partial charge in [-0.15, -0.1) is 0 Å². The van der Waals surface area contributed by atoms with E-state index in [0.717, 1.165) is 18.4 Å². The smallest absolute Gasteiger partial charge is 0.217 e. The summed E-state index contributed by atoms with van der Waals surface area (Å²) in [4.78, 5) is 0. The highest BCUT2D eigenvalue weighted by atomic mass is 16.7. The predicted octanol–water partition coefficient (Wildman–Crippen LogP) is 3.07. The lowest BCUT2D eigenvalue weighted by molar-refractivity contribution is -0.357. The summed E-state index contributed by atoms with van der Waals surface area (Å²) in [6.07, 6.45) is 2.37. The van der Waals surface area contributed by atoms with Gasteiger partial charge in [0.05, 0.1) is 30.2 Å². The van der Waals surface area contributed by atoms with Gasteiger partial charge in [-0.3, -0.25) is 5.41 Å². The van der Waals surface area contributed by atoms with Crippen LogP contribution in [0.2, 0.25) is 0 Å². The van der Waals surface area contributed by atoms with Gasteiger partial charge >= 0.3 is 0 Å². The van der Waals surface area contributed by atoms with Gasteiger partial charge in [-0.1, -0.05) is 36.8 Å². The van der Waals surface area contributed by atoms with Gasteiger partial charge in [0.2, 0.25) is 11.7 Å². The van der Waals surface area contributed by atoms with Crippen LogP contribution in [0.25, 0.3) is 0 Å². The van der Waals surface area contributed by atoms with Crippen LogP contribution in [-0.2, 0) is 15.9 Å². The highest BCUT2D eigenvalue weighted by Crippen LogP contribution is 2.65. The molecule has 130 valence electrons. The summed E-state index contributed by atoms with van der Waals surface area (Å²) in [6, 6.07) is 15.9. The van der Waals surface area contributed by atoms with E-state index in [9.17, 15) is 15.8 Å². The summed E-state index contributed by atoms with van der Waals surface area (Å²) < 4.78 is 12.2. The summed E-state index contributed by atoms with van der Waals surface area (Å²) in [5.41, 5.74) is -2.44. The molecule has 4 fully saturated rings. The standard InChI is InChI=1S/C20H18N4O2/c21-11-18(12-22)15-8-4-5-9-20(15)25-16(10-14-6-2-1-3-7-14)19(18,13-23)17(24)26-20/h1-3,6-7,15-16,24H,4-5,8-10H2/t15-,16-,19-,20-/m1/s1. The van der Waals surface area contributed by atoms with Gasteiger partial charge in [0.25, 0.3) is 0 Å². The Morgan fingerprint density at radius 1 is 1.08 bits per heavy atom. The zero-order chi connectivity index (χ0) is 18.4. The van der Waals surface area contributed by atoms with Crippen LogP contribution < -0.4 is 0 Å². The van der Waals surface area contributed by atoms with Crippen molar-refractivity contribution in [3.63, 3.8) is 0 Å². The molecule has 0 aromatic heterocycles. The summed E-state index contributed by atoms with van der Waals surface area (Å²) in [5.74, 6) is -1.98. The Kier molecular flexibility index (Phi) is 3.55. The number of nitrogens with zero attached hydrogens (tertiary/aromatic N) is 3. The fourth-order valence-electron chi connectivity index (χ4n) is 4.98. The van der Waals surface area contributed by atoms with Crippen molar-refractivity contribution in [2.45, 2.75) is 44.0 Å². The van der Waals surface area contributed by atoms with Gasteiger partial charge in [0, 0.05) is 12.8 Å². The zero-order valence-electron chi connectivity index (χ0n) is 14.2. The van der Waals surface area contributed by atoms with Gasteiger partial charge in [0.1, 0.15) is 0 Å². The van der Waals surface area contributed by atoms with Crippen LogP contribution in [0.1, 0.15) is 31.2 Å². The summed E-state index contributed by atoms with van der Waals surface area (Å²) in [5, 5.41) is 38.7. The number of rotatable bonds is 2. The molecule has 1 aliphatic carbocycles. The molecule has 0 amide bonds. The third-order valence-corrected chi connectivity index (χ3v) is 6.19. The molecule has 26 heavy (non-hydrogen) atoms. The number of hydrogen-bond donors (Lipinski definition) is 1. The number of fused-ring (bicyclic) bond motifs is 2. The number of nitrogens with one attached hydrogen (secondary N) is 1. The molecule has 2 bridgehead atoms. The summed E-state index contributed by atoms with van der Waals surface area (Å²) in [6.45, 7) is 0. The topological polar surface area (TPSA) is 114 Å². The van der Waals surface area contributed by atoms with Crippen molar-refractivity contribution in [3.8, 4) is 18.2 Å². The molecule has 1 spiro atoms.